The molecule has 1 aliphatic heterocycles. The fraction of sp³-hybridized carbons (Fsp3) is 0.667. The molecule has 2 rings (SSSR count). The van der Waals surface area contributed by atoms with Crippen molar-refractivity contribution in [1.82, 2.24) is 10.6 Å². The minimum absolute atomic E-state index is 0.167. The molecule has 1 atom stereocenters. The molecule has 2 nitrogen and oxygen atoms in total. The molecule has 1 aliphatic rings. The first kappa shape index (κ1) is 12.4. The van der Waals surface area contributed by atoms with Crippen LogP contribution in [0.3, 0.4) is 0 Å². The largest absolute Gasteiger partial charge is 0.315 e. The summed E-state index contributed by atoms with van der Waals surface area (Å²) in [6.45, 7) is 7.79. The summed E-state index contributed by atoms with van der Waals surface area (Å²) in [7, 11) is 0. The minimum atomic E-state index is 0.167. The lowest BCUT2D eigenvalue weighted by molar-refractivity contribution is 0.434. The van der Waals surface area contributed by atoms with Crippen LogP contribution in [0.2, 0.25) is 4.34 Å². The van der Waals surface area contributed by atoms with E-state index in [0.717, 1.165) is 24.0 Å². The van der Waals surface area contributed by atoms with Crippen LogP contribution in [0.25, 0.3) is 0 Å². The van der Waals surface area contributed by atoms with Crippen LogP contribution in [0.5, 0.6) is 0 Å². The van der Waals surface area contributed by atoms with Gasteiger partial charge in [-0.1, -0.05) is 25.4 Å². The van der Waals surface area contributed by atoms with Crippen LogP contribution in [0, 0.1) is 0 Å². The molecule has 1 aromatic rings. The first-order valence-corrected chi connectivity index (χ1v) is 6.97. The van der Waals surface area contributed by atoms with Crippen LogP contribution in [0.15, 0.2) is 12.1 Å². The van der Waals surface area contributed by atoms with Crippen LogP contribution < -0.4 is 10.6 Å². The zero-order valence-electron chi connectivity index (χ0n) is 9.85. The summed E-state index contributed by atoms with van der Waals surface area (Å²) in [5, 5.41) is 7.00. The molecule has 0 aliphatic carbocycles. The Labute approximate surface area is 106 Å². The van der Waals surface area contributed by atoms with Gasteiger partial charge in [-0.05, 0) is 25.1 Å². The second-order valence-electron chi connectivity index (χ2n) is 5.06. The molecule has 1 aromatic heterocycles. The molecular formula is C12H19ClN2S. The van der Waals surface area contributed by atoms with Crippen molar-refractivity contribution in [2.75, 3.05) is 19.6 Å². The van der Waals surface area contributed by atoms with Crippen molar-refractivity contribution < 1.29 is 0 Å². The topological polar surface area (TPSA) is 24.1 Å². The Morgan fingerprint density at radius 3 is 2.94 bits per heavy atom. The number of hydrogen-bond acceptors (Lipinski definition) is 3. The normalized spacial score (nSPS) is 21.6. The number of thiophene rings is 1. The average Bonchev–Trinajstić information content (AvgIpc) is 2.85. The number of halogens is 1. The smallest absolute Gasteiger partial charge is 0.0931 e. The van der Waals surface area contributed by atoms with E-state index in [1.165, 1.54) is 11.3 Å². The molecule has 1 unspecified atom stereocenters. The molecule has 16 heavy (non-hydrogen) atoms. The predicted molar refractivity (Wildman–Crippen MR) is 71.6 cm³/mol. The van der Waals surface area contributed by atoms with E-state index in [2.05, 4.69) is 30.5 Å². The van der Waals surface area contributed by atoms with Gasteiger partial charge in [-0.2, -0.15) is 0 Å². The van der Waals surface area contributed by atoms with Gasteiger partial charge in [-0.15, -0.1) is 11.3 Å². The highest BCUT2D eigenvalue weighted by atomic mass is 35.5. The fourth-order valence-corrected chi connectivity index (χ4v) is 3.14. The van der Waals surface area contributed by atoms with Crippen molar-refractivity contribution in [2.24, 2.45) is 0 Å². The lowest BCUT2D eigenvalue weighted by Gasteiger charge is -2.25. The number of nitrogens with one attached hydrogen (secondary N) is 2. The van der Waals surface area contributed by atoms with Crippen molar-refractivity contribution in [1.29, 1.82) is 0 Å². The molecule has 2 N–H and O–H groups in total. The summed E-state index contributed by atoms with van der Waals surface area (Å²) in [5.74, 6) is 0. The van der Waals surface area contributed by atoms with E-state index in [9.17, 15) is 0 Å². The van der Waals surface area contributed by atoms with Gasteiger partial charge >= 0.3 is 0 Å². The summed E-state index contributed by atoms with van der Waals surface area (Å²) in [4.78, 5) is 1.36. The average molecular weight is 259 g/mol. The molecule has 90 valence electrons. The molecule has 0 saturated carbocycles. The second kappa shape index (κ2) is 5.05. The monoisotopic (exact) mass is 258 g/mol. The Kier molecular flexibility index (Phi) is 3.90. The van der Waals surface area contributed by atoms with Gasteiger partial charge in [-0.25, -0.2) is 0 Å². The highest BCUT2D eigenvalue weighted by Gasteiger charge is 2.24. The predicted octanol–water partition coefficient (Wildman–Crippen LogP) is 2.63. The third-order valence-electron chi connectivity index (χ3n) is 3.13. The van der Waals surface area contributed by atoms with E-state index >= 15 is 0 Å². The second-order valence-corrected chi connectivity index (χ2v) is 6.77. The van der Waals surface area contributed by atoms with E-state index in [4.69, 9.17) is 11.6 Å². The maximum Gasteiger partial charge on any atom is 0.0931 e. The van der Waals surface area contributed by atoms with Gasteiger partial charge < -0.3 is 10.6 Å². The molecule has 0 spiro atoms. The van der Waals surface area contributed by atoms with Crippen LogP contribution in [0.4, 0.5) is 0 Å². The SMILES string of the molecule is CC(C)(CNC1CCNC1)c1ccc(Cl)s1. The number of rotatable bonds is 4. The van der Waals surface area contributed by atoms with E-state index in [1.54, 1.807) is 11.3 Å². The van der Waals surface area contributed by atoms with Gasteiger partial charge in [0.25, 0.3) is 0 Å². The molecule has 0 bridgehead atoms. The summed E-state index contributed by atoms with van der Waals surface area (Å²) >= 11 is 7.67. The van der Waals surface area contributed by atoms with E-state index in [1.807, 2.05) is 6.07 Å². The van der Waals surface area contributed by atoms with Crippen LogP contribution in [-0.4, -0.2) is 25.7 Å². The van der Waals surface area contributed by atoms with Crippen molar-refractivity contribution in [3.05, 3.63) is 21.3 Å². The lowest BCUT2D eigenvalue weighted by Crippen LogP contribution is -2.39. The Bertz CT molecular complexity index is 343. The van der Waals surface area contributed by atoms with E-state index < -0.39 is 0 Å². The molecule has 2 heterocycles. The first-order chi connectivity index (χ1) is 7.58. The standard InChI is InChI=1S/C12H19ClN2S/c1-12(2,10-3-4-11(13)16-10)8-15-9-5-6-14-7-9/h3-4,9,14-15H,5-8H2,1-2H3. The van der Waals surface area contributed by atoms with Crippen LogP contribution in [0.1, 0.15) is 25.1 Å². The van der Waals surface area contributed by atoms with Gasteiger partial charge in [0.1, 0.15) is 0 Å². The highest BCUT2D eigenvalue weighted by molar-refractivity contribution is 7.16. The molecule has 1 fully saturated rings. The van der Waals surface area contributed by atoms with Crippen molar-refractivity contribution >= 4 is 22.9 Å². The van der Waals surface area contributed by atoms with Gasteiger partial charge in [-0.3, -0.25) is 0 Å². The van der Waals surface area contributed by atoms with Crippen molar-refractivity contribution in [3.63, 3.8) is 0 Å². The summed E-state index contributed by atoms with van der Waals surface area (Å²) in [6, 6.07) is 4.76. The minimum Gasteiger partial charge on any atom is -0.315 e. The third kappa shape index (κ3) is 2.98. The molecule has 1 saturated heterocycles. The Morgan fingerprint density at radius 2 is 2.38 bits per heavy atom. The first-order valence-electron chi connectivity index (χ1n) is 5.78. The Balaban J connectivity index is 1.91. The Hall–Kier alpha value is -0.0900. The zero-order chi connectivity index (χ0) is 11.6. The van der Waals surface area contributed by atoms with Crippen molar-refractivity contribution in [2.45, 2.75) is 31.7 Å². The van der Waals surface area contributed by atoms with Gasteiger partial charge in [0, 0.05) is 29.4 Å². The molecule has 4 heteroatoms. The molecule has 0 amide bonds. The van der Waals surface area contributed by atoms with E-state index in [-0.39, 0.29) is 5.41 Å². The van der Waals surface area contributed by atoms with Gasteiger partial charge in [0.05, 0.1) is 4.34 Å². The van der Waals surface area contributed by atoms with Crippen LogP contribution >= 0.6 is 22.9 Å². The molecule has 0 radical (unpaired) electrons. The van der Waals surface area contributed by atoms with Crippen molar-refractivity contribution in [3.8, 4) is 0 Å². The zero-order valence-corrected chi connectivity index (χ0v) is 11.4. The molecule has 0 aromatic carbocycles. The third-order valence-corrected chi connectivity index (χ3v) is 4.73. The van der Waals surface area contributed by atoms with Gasteiger partial charge in [0.15, 0.2) is 0 Å². The van der Waals surface area contributed by atoms with Crippen LogP contribution in [-0.2, 0) is 5.41 Å². The molecular weight excluding hydrogens is 240 g/mol. The summed E-state index contributed by atoms with van der Waals surface area (Å²) < 4.78 is 0.880. The summed E-state index contributed by atoms with van der Waals surface area (Å²) in [6.07, 6.45) is 1.24. The maximum absolute atomic E-state index is 5.98. The summed E-state index contributed by atoms with van der Waals surface area (Å²) in [5.41, 5.74) is 0.167. The highest BCUT2D eigenvalue weighted by Crippen LogP contribution is 2.32. The van der Waals surface area contributed by atoms with E-state index in [0.29, 0.717) is 6.04 Å². The maximum atomic E-state index is 5.98. The number of hydrogen-bond donors (Lipinski definition) is 2. The quantitative estimate of drug-likeness (QED) is 0.868. The fourth-order valence-electron chi connectivity index (χ4n) is 1.99. The lowest BCUT2D eigenvalue weighted by atomic mass is 9.91. The van der Waals surface area contributed by atoms with Gasteiger partial charge in [0.2, 0.25) is 0 Å². The Morgan fingerprint density at radius 1 is 1.56 bits per heavy atom.